The van der Waals surface area contributed by atoms with Gasteiger partial charge < -0.3 is 5.32 Å². The second kappa shape index (κ2) is 12.4. The SMILES string of the molecule is CC1(Cc2ccc(-c3cncnc3)cc2)C(=O)N(c2cc(Cl)cc(Cl)c2)c2ncc(S(=O)(=O)N3CCCC3C(=O)NCc3nn[nH]n3)n21. The summed E-state index contributed by atoms with van der Waals surface area (Å²) in [6.07, 6.45) is 6.95. The number of fused-ring (bicyclic) bond motifs is 1. The Labute approximate surface area is 284 Å². The van der Waals surface area contributed by atoms with Crippen LogP contribution in [0.25, 0.3) is 11.1 Å². The Balaban J connectivity index is 1.27. The van der Waals surface area contributed by atoms with Crippen molar-refractivity contribution in [2.24, 2.45) is 0 Å². The highest BCUT2D eigenvalue weighted by Gasteiger charge is 2.53. The molecule has 2 atom stereocenters. The number of hydrogen-bond acceptors (Lipinski definition) is 10. The van der Waals surface area contributed by atoms with Crippen LogP contribution in [0.4, 0.5) is 11.6 Å². The Hall–Kier alpha value is -4.77. The lowest BCUT2D eigenvalue weighted by atomic mass is 9.91. The third-order valence-corrected chi connectivity index (χ3v) is 10.8. The van der Waals surface area contributed by atoms with Crippen molar-refractivity contribution < 1.29 is 18.0 Å². The van der Waals surface area contributed by atoms with Gasteiger partial charge >= 0.3 is 0 Å². The zero-order valence-electron chi connectivity index (χ0n) is 25.3. The number of tetrazole rings is 1. The van der Waals surface area contributed by atoms with E-state index in [-0.39, 0.29) is 46.4 Å². The Morgan fingerprint density at radius 1 is 1.06 bits per heavy atom. The van der Waals surface area contributed by atoms with E-state index in [1.165, 1.54) is 28.1 Å². The molecule has 5 aromatic rings. The van der Waals surface area contributed by atoms with E-state index < -0.39 is 33.4 Å². The van der Waals surface area contributed by atoms with Crippen molar-refractivity contribution >= 4 is 56.7 Å². The number of aromatic amines is 1. The maximum Gasteiger partial charge on any atom is 0.261 e. The monoisotopic (exact) mass is 707 g/mol. The van der Waals surface area contributed by atoms with Gasteiger partial charge in [-0.15, -0.1) is 10.2 Å². The molecule has 1 fully saturated rings. The fourth-order valence-corrected chi connectivity index (χ4v) is 8.59. The molecule has 0 radical (unpaired) electrons. The van der Waals surface area contributed by atoms with Gasteiger partial charge in [0.15, 0.2) is 10.9 Å². The average molecular weight is 709 g/mol. The zero-order valence-corrected chi connectivity index (χ0v) is 27.6. The Morgan fingerprint density at radius 3 is 2.48 bits per heavy atom. The van der Waals surface area contributed by atoms with E-state index in [4.69, 9.17) is 23.2 Å². The van der Waals surface area contributed by atoms with Crippen molar-refractivity contribution in [3.8, 4) is 11.1 Å². The summed E-state index contributed by atoms with van der Waals surface area (Å²) < 4.78 is 31.5. The Kier molecular flexibility index (Phi) is 8.19. The van der Waals surface area contributed by atoms with Gasteiger partial charge in [0.25, 0.3) is 15.9 Å². The highest BCUT2D eigenvalue weighted by molar-refractivity contribution is 7.89. The van der Waals surface area contributed by atoms with Crippen LogP contribution < -0.4 is 10.2 Å². The molecule has 0 spiro atoms. The van der Waals surface area contributed by atoms with Crippen LogP contribution in [-0.4, -0.2) is 77.3 Å². The fourth-order valence-electron chi connectivity index (χ4n) is 6.23. The van der Waals surface area contributed by atoms with Crippen molar-refractivity contribution in [3.05, 3.63) is 88.8 Å². The number of sulfonamides is 1. The third-order valence-electron chi connectivity index (χ3n) is 8.46. The van der Waals surface area contributed by atoms with Gasteiger partial charge in [-0.3, -0.25) is 14.2 Å². The number of nitrogens with one attached hydrogen (secondary N) is 2. The minimum atomic E-state index is -4.36. The van der Waals surface area contributed by atoms with E-state index in [0.29, 0.717) is 18.5 Å². The van der Waals surface area contributed by atoms with Crippen molar-refractivity contribution in [3.63, 3.8) is 0 Å². The smallest absolute Gasteiger partial charge is 0.261 e. The lowest BCUT2D eigenvalue weighted by Gasteiger charge is -2.29. The lowest BCUT2D eigenvalue weighted by Crippen LogP contribution is -2.47. The summed E-state index contributed by atoms with van der Waals surface area (Å²) in [6.45, 7) is 1.75. The van der Waals surface area contributed by atoms with Gasteiger partial charge in [0.2, 0.25) is 11.9 Å². The lowest BCUT2D eigenvalue weighted by molar-refractivity contribution is -0.125. The van der Waals surface area contributed by atoms with E-state index in [0.717, 1.165) is 21.0 Å². The molecule has 15 nitrogen and oxygen atoms in total. The Bertz CT molecular complexity index is 2090. The number of nitrogens with zero attached hydrogens (tertiary/aromatic N) is 9. The van der Waals surface area contributed by atoms with Crippen LogP contribution >= 0.6 is 23.2 Å². The van der Waals surface area contributed by atoms with Gasteiger partial charge in [0, 0.05) is 41.0 Å². The number of aromatic nitrogens is 8. The molecule has 1 saturated heterocycles. The molecular formula is C30H27Cl2N11O4S. The van der Waals surface area contributed by atoms with Gasteiger partial charge in [-0.05, 0) is 49.1 Å². The summed E-state index contributed by atoms with van der Waals surface area (Å²) in [5, 5.41) is 16.5. The number of amides is 2. The molecule has 2 aliphatic heterocycles. The van der Waals surface area contributed by atoms with E-state index in [1.54, 1.807) is 31.5 Å². The standard InChI is InChI=1S/C30H27Cl2N11O4S/c1-30(12-18-4-6-19(7-5-18)20-13-33-17-34-14-20)28(45)42(23-10-21(31)9-22(32)11-23)29-36-16-26(43(29)30)48(46,47)41-8-2-3-24(41)27(44)35-15-25-37-39-40-38-25/h4-7,9-11,13-14,16-17,24H,2-3,8,12,15H2,1H3,(H,35,44)(H,37,38,39,40). The highest BCUT2D eigenvalue weighted by Crippen LogP contribution is 2.45. The normalized spacial score (nSPS) is 19.5. The maximum atomic E-state index is 14.5. The number of benzene rings is 2. The Morgan fingerprint density at radius 2 is 1.79 bits per heavy atom. The number of rotatable bonds is 9. The summed E-state index contributed by atoms with van der Waals surface area (Å²) in [4.78, 5) is 41.7. The van der Waals surface area contributed by atoms with Gasteiger partial charge in [-0.1, -0.05) is 52.7 Å². The molecule has 2 unspecified atom stereocenters. The highest BCUT2D eigenvalue weighted by atomic mass is 35.5. The summed E-state index contributed by atoms with van der Waals surface area (Å²) in [7, 11) is -4.36. The largest absolute Gasteiger partial charge is 0.347 e. The molecule has 0 bridgehead atoms. The van der Waals surface area contributed by atoms with E-state index in [2.05, 4.69) is 40.9 Å². The second-order valence-electron chi connectivity index (χ2n) is 11.6. The van der Waals surface area contributed by atoms with Crippen LogP contribution in [0.15, 0.2) is 72.4 Å². The van der Waals surface area contributed by atoms with Crippen molar-refractivity contribution in [1.82, 2.24) is 49.8 Å². The van der Waals surface area contributed by atoms with E-state index in [1.807, 2.05) is 24.3 Å². The van der Waals surface area contributed by atoms with Crippen molar-refractivity contribution in [2.45, 2.75) is 49.3 Å². The van der Waals surface area contributed by atoms with Crippen LogP contribution in [0, 0.1) is 0 Å². The summed E-state index contributed by atoms with van der Waals surface area (Å²) in [5.74, 6) is -0.600. The molecule has 246 valence electrons. The second-order valence-corrected chi connectivity index (χ2v) is 14.3. The number of halogens is 2. The molecule has 2 aliphatic rings. The molecule has 3 aromatic heterocycles. The molecule has 7 rings (SSSR count). The number of anilines is 2. The minimum absolute atomic E-state index is 0.0262. The molecule has 2 amide bonds. The number of H-pyrrole nitrogens is 1. The number of imidazole rings is 1. The van der Waals surface area contributed by atoms with Gasteiger partial charge in [0.05, 0.1) is 18.4 Å². The molecule has 2 aromatic carbocycles. The molecule has 18 heteroatoms. The summed E-state index contributed by atoms with van der Waals surface area (Å²) in [6, 6.07) is 11.2. The van der Waals surface area contributed by atoms with Gasteiger partial charge in [-0.2, -0.15) is 9.52 Å². The van der Waals surface area contributed by atoms with Gasteiger partial charge in [-0.25, -0.2) is 28.3 Å². The van der Waals surface area contributed by atoms with E-state index >= 15 is 0 Å². The fraction of sp³-hybridized carbons (Fsp3) is 0.267. The minimum Gasteiger partial charge on any atom is -0.347 e. The number of carbonyl (C=O) groups excluding carboxylic acids is 2. The molecular weight excluding hydrogens is 681 g/mol. The first-order valence-electron chi connectivity index (χ1n) is 14.8. The molecule has 0 saturated carbocycles. The molecule has 48 heavy (non-hydrogen) atoms. The average Bonchev–Trinajstić information content (AvgIpc) is 3.88. The van der Waals surface area contributed by atoms with Crippen LogP contribution in [0.2, 0.25) is 10.0 Å². The topological polar surface area (TPSA) is 185 Å². The van der Waals surface area contributed by atoms with Crippen LogP contribution in [0.1, 0.15) is 31.2 Å². The van der Waals surface area contributed by atoms with Crippen molar-refractivity contribution in [1.29, 1.82) is 0 Å². The van der Waals surface area contributed by atoms with Crippen LogP contribution in [-0.2, 0) is 38.1 Å². The number of hydrogen-bond donors (Lipinski definition) is 2. The maximum absolute atomic E-state index is 14.5. The van der Waals surface area contributed by atoms with Crippen LogP contribution in [0.3, 0.4) is 0 Å². The molecule has 0 aliphatic carbocycles. The van der Waals surface area contributed by atoms with Gasteiger partial charge in [0.1, 0.15) is 17.9 Å². The quantitative estimate of drug-likeness (QED) is 0.230. The van der Waals surface area contributed by atoms with E-state index in [9.17, 15) is 18.0 Å². The van der Waals surface area contributed by atoms with Crippen LogP contribution in [0.5, 0.6) is 0 Å². The third kappa shape index (κ3) is 5.59. The first kappa shape index (κ1) is 31.8. The van der Waals surface area contributed by atoms with Crippen molar-refractivity contribution in [2.75, 3.05) is 11.4 Å². The molecule has 2 N–H and O–H groups in total. The first-order valence-corrected chi connectivity index (χ1v) is 17.0. The number of carbonyl (C=O) groups is 2. The predicted octanol–water partition coefficient (Wildman–Crippen LogP) is 3.27. The summed E-state index contributed by atoms with van der Waals surface area (Å²) in [5.41, 5.74) is 1.33. The first-order chi connectivity index (χ1) is 23.1. The zero-order chi connectivity index (χ0) is 33.6. The molecule has 5 heterocycles. The predicted molar refractivity (Wildman–Crippen MR) is 174 cm³/mol. The summed E-state index contributed by atoms with van der Waals surface area (Å²) >= 11 is 12.7.